The van der Waals surface area contributed by atoms with Crippen LogP contribution in [0.5, 0.6) is 0 Å². The molecular formula is C14H25NO2. The molecule has 2 fully saturated rings. The lowest BCUT2D eigenvalue weighted by Crippen LogP contribution is -2.39. The molecule has 0 aromatic heterocycles. The average Bonchev–Trinajstić information content (AvgIpc) is 2.55. The molecule has 2 aliphatic rings. The van der Waals surface area contributed by atoms with E-state index in [0.29, 0.717) is 6.54 Å². The van der Waals surface area contributed by atoms with E-state index in [9.17, 15) is 9.90 Å². The minimum absolute atomic E-state index is 0.0131. The molecule has 1 unspecified atom stereocenters. The number of hydrogen-bond donors (Lipinski definition) is 1. The summed E-state index contributed by atoms with van der Waals surface area (Å²) in [5, 5.41) is 10.3. The number of amides is 1. The molecule has 2 rings (SSSR count). The molecule has 3 heteroatoms. The van der Waals surface area contributed by atoms with Gasteiger partial charge < -0.3 is 10.0 Å². The topological polar surface area (TPSA) is 40.5 Å². The number of likely N-dealkylation sites (tertiary alicyclic amines) is 1. The number of hydrogen-bond acceptors (Lipinski definition) is 2. The molecule has 1 heterocycles. The molecule has 0 aromatic rings. The molecule has 1 saturated heterocycles. The molecule has 1 saturated carbocycles. The monoisotopic (exact) mass is 239 g/mol. The molecule has 17 heavy (non-hydrogen) atoms. The van der Waals surface area contributed by atoms with Gasteiger partial charge in [0.1, 0.15) is 0 Å². The van der Waals surface area contributed by atoms with Crippen molar-refractivity contribution in [1.82, 2.24) is 4.90 Å². The van der Waals surface area contributed by atoms with Crippen molar-refractivity contribution in [3.05, 3.63) is 0 Å². The predicted molar refractivity (Wildman–Crippen MR) is 67.6 cm³/mol. The first kappa shape index (κ1) is 12.9. The lowest BCUT2D eigenvalue weighted by Gasteiger charge is -2.36. The van der Waals surface area contributed by atoms with E-state index in [1.54, 1.807) is 0 Å². The summed E-state index contributed by atoms with van der Waals surface area (Å²) < 4.78 is 0. The minimum atomic E-state index is -0.333. The van der Waals surface area contributed by atoms with Crippen LogP contribution in [0, 0.1) is 10.8 Å². The molecule has 3 nitrogen and oxygen atoms in total. The Morgan fingerprint density at radius 3 is 2.35 bits per heavy atom. The summed E-state index contributed by atoms with van der Waals surface area (Å²) in [7, 11) is 0. The number of carbonyl (C=O) groups is 1. The van der Waals surface area contributed by atoms with Gasteiger partial charge in [0.05, 0.1) is 6.10 Å². The molecule has 1 aliphatic heterocycles. The Balaban J connectivity index is 2.09. The third-order valence-corrected chi connectivity index (χ3v) is 4.38. The van der Waals surface area contributed by atoms with Crippen molar-refractivity contribution in [2.24, 2.45) is 10.8 Å². The highest BCUT2D eigenvalue weighted by molar-refractivity contribution is 5.82. The van der Waals surface area contributed by atoms with Crippen LogP contribution in [0.3, 0.4) is 0 Å². The highest BCUT2D eigenvalue weighted by Crippen LogP contribution is 2.44. The van der Waals surface area contributed by atoms with Crippen LogP contribution in [0.2, 0.25) is 0 Å². The number of rotatable bonds is 0. The largest absolute Gasteiger partial charge is 0.391 e. The van der Waals surface area contributed by atoms with Gasteiger partial charge in [0.15, 0.2) is 0 Å². The fourth-order valence-corrected chi connectivity index (χ4v) is 3.33. The Hall–Kier alpha value is -0.570. The number of aliphatic hydroxyl groups is 1. The Bertz CT molecular complexity index is 300. The van der Waals surface area contributed by atoms with Gasteiger partial charge >= 0.3 is 0 Å². The molecule has 0 bridgehead atoms. The first-order valence-electron chi connectivity index (χ1n) is 6.83. The summed E-state index contributed by atoms with van der Waals surface area (Å²) in [5.74, 6) is 0.180. The number of nitrogens with zero attached hydrogens (tertiary/aromatic N) is 1. The van der Waals surface area contributed by atoms with Crippen molar-refractivity contribution in [1.29, 1.82) is 0 Å². The lowest BCUT2D eigenvalue weighted by atomic mass is 9.72. The van der Waals surface area contributed by atoms with Crippen LogP contribution in [0.15, 0.2) is 0 Å². The Labute approximate surface area is 104 Å². The number of aliphatic hydroxyl groups excluding tert-OH is 1. The molecule has 1 N–H and O–H groups in total. The summed E-state index contributed by atoms with van der Waals surface area (Å²) in [4.78, 5) is 14.1. The van der Waals surface area contributed by atoms with E-state index >= 15 is 0 Å². The molecule has 0 aromatic carbocycles. The van der Waals surface area contributed by atoms with Crippen molar-refractivity contribution in [3.63, 3.8) is 0 Å². The smallest absolute Gasteiger partial charge is 0.228 e. The molecule has 1 amide bonds. The molecular weight excluding hydrogens is 214 g/mol. The van der Waals surface area contributed by atoms with Crippen molar-refractivity contribution in [2.75, 3.05) is 13.1 Å². The van der Waals surface area contributed by atoms with Crippen LogP contribution in [0.25, 0.3) is 0 Å². The lowest BCUT2D eigenvalue weighted by molar-refractivity contribution is -0.139. The zero-order valence-electron chi connectivity index (χ0n) is 11.3. The Morgan fingerprint density at radius 2 is 1.82 bits per heavy atom. The average molecular weight is 239 g/mol. The molecule has 0 radical (unpaired) electrons. The quantitative estimate of drug-likeness (QED) is 0.704. The summed E-state index contributed by atoms with van der Waals surface area (Å²) >= 11 is 0. The maximum atomic E-state index is 12.3. The van der Waals surface area contributed by atoms with Crippen LogP contribution < -0.4 is 0 Å². The fraction of sp³-hybridized carbons (Fsp3) is 0.929. The fourth-order valence-electron chi connectivity index (χ4n) is 3.33. The molecule has 98 valence electrons. The van der Waals surface area contributed by atoms with Gasteiger partial charge in [-0.25, -0.2) is 0 Å². The van der Waals surface area contributed by atoms with E-state index in [4.69, 9.17) is 0 Å². The summed E-state index contributed by atoms with van der Waals surface area (Å²) in [6, 6.07) is 0. The van der Waals surface area contributed by atoms with Crippen molar-refractivity contribution in [3.8, 4) is 0 Å². The van der Waals surface area contributed by atoms with Crippen LogP contribution in [-0.2, 0) is 4.79 Å². The van der Waals surface area contributed by atoms with Crippen LogP contribution >= 0.6 is 0 Å². The van der Waals surface area contributed by atoms with Gasteiger partial charge in [-0.2, -0.15) is 0 Å². The second kappa shape index (κ2) is 4.27. The predicted octanol–water partition coefficient (Wildman–Crippen LogP) is 2.19. The van der Waals surface area contributed by atoms with Crippen LogP contribution in [0.1, 0.15) is 52.9 Å². The first-order valence-corrected chi connectivity index (χ1v) is 6.83. The zero-order valence-corrected chi connectivity index (χ0v) is 11.3. The van der Waals surface area contributed by atoms with Gasteiger partial charge in [-0.1, -0.05) is 40.0 Å². The maximum absolute atomic E-state index is 12.3. The van der Waals surface area contributed by atoms with Gasteiger partial charge in [0.2, 0.25) is 5.91 Å². The van der Waals surface area contributed by atoms with Gasteiger partial charge in [-0.05, 0) is 12.8 Å². The van der Waals surface area contributed by atoms with E-state index < -0.39 is 0 Å². The number of carbonyl (C=O) groups excluding carboxylic acids is 1. The third-order valence-electron chi connectivity index (χ3n) is 4.38. The standard InChI is InChI=1S/C14H25NO2/c1-13(2,3)12(17)15-9-11(16)14(10-15)7-5-4-6-8-14/h11,16H,4-10H2,1-3H3. The molecule has 1 aliphatic carbocycles. The summed E-state index contributed by atoms with van der Waals surface area (Å²) in [6.45, 7) is 7.16. The highest BCUT2D eigenvalue weighted by atomic mass is 16.3. The van der Waals surface area contributed by atoms with Gasteiger partial charge in [-0.15, -0.1) is 0 Å². The summed E-state index contributed by atoms with van der Waals surface area (Å²) in [5.41, 5.74) is -0.320. The van der Waals surface area contributed by atoms with Gasteiger partial charge in [-0.3, -0.25) is 4.79 Å². The minimum Gasteiger partial charge on any atom is -0.391 e. The third kappa shape index (κ3) is 2.35. The highest BCUT2D eigenvalue weighted by Gasteiger charge is 2.48. The van der Waals surface area contributed by atoms with Crippen LogP contribution in [0.4, 0.5) is 0 Å². The Morgan fingerprint density at radius 1 is 1.24 bits per heavy atom. The van der Waals surface area contributed by atoms with Crippen molar-refractivity contribution in [2.45, 2.75) is 59.0 Å². The first-order chi connectivity index (χ1) is 7.85. The van der Waals surface area contributed by atoms with Gasteiger partial charge in [0.25, 0.3) is 0 Å². The summed E-state index contributed by atoms with van der Waals surface area (Å²) in [6.07, 6.45) is 5.55. The van der Waals surface area contributed by atoms with E-state index in [-0.39, 0.29) is 22.8 Å². The van der Waals surface area contributed by atoms with E-state index in [2.05, 4.69) is 0 Å². The maximum Gasteiger partial charge on any atom is 0.228 e. The number of β-amino-alcohol motifs (C(OH)–C–C–N with tert-alkyl or cyclic N) is 1. The second-order valence-corrected chi connectivity index (χ2v) is 6.87. The van der Waals surface area contributed by atoms with Crippen molar-refractivity contribution < 1.29 is 9.90 Å². The van der Waals surface area contributed by atoms with E-state index in [1.807, 2.05) is 25.7 Å². The van der Waals surface area contributed by atoms with Crippen molar-refractivity contribution >= 4 is 5.91 Å². The zero-order chi connectivity index (χ0) is 12.7. The SMILES string of the molecule is CC(C)(C)C(=O)N1CC(O)C2(CCCCC2)C1. The normalized spacial score (nSPS) is 28.7. The van der Waals surface area contributed by atoms with Crippen LogP contribution in [-0.4, -0.2) is 35.1 Å². The Kier molecular flexibility index (Phi) is 3.23. The second-order valence-electron chi connectivity index (χ2n) is 6.87. The molecule has 1 atom stereocenters. The van der Waals surface area contributed by atoms with E-state index in [0.717, 1.165) is 19.4 Å². The molecule has 1 spiro atoms. The van der Waals surface area contributed by atoms with E-state index in [1.165, 1.54) is 19.3 Å². The van der Waals surface area contributed by atoms with Gasteiger partial charge in [0, 0.05) is 23.9 Å².